The summed E-state index contributed by atoms with van der Waals surface area (Å²) in [5.74, 6) is 5.25. The SMILES string of the molecule is COCC(Oc1ccc(-c2nc(C)cs2)cc1)C(=O)NN. The molecular weight excluding hydrogens is 290 g/mol. The van der Waals surface area contributed by atoms with Crippen molar-refractivity contribution in [3.8, 4) is 16.3 Å². The number of nitrogens with one attached hydrogen (secondary N) is 1. The average Bonchev–Trinajstić information content (AvgIpc) is 2.93. The quantitative estimate of drug-likeness (QED) is 0.480. The lowest BCUT2D eigenvalue weighted by atomic mass is 10.2. The lowest BCUT2D eigenvalue weighted by molar-refractivity contribution is -0.130. The summed E-state index contributed by atoms with van der Waals surface area (Å²) in [7, 11) is 1.49. The number of carbonyl (C=O) groups excluding carboxylic acids is 1. The van der Waals surface area contributed by atoms with E-state index in [0.29, 0.717) is 5.75 Å². The van der Waals surface area contributed by atoms with Crippen LogP contribution < -0.4 is 16.0 Å². The van der Waals surface area contributed by atoms with Gasteiger partial charge in [-0.05, 0) is 31.2 Å². The summed E-state index contributed by atoms with van der Waals surface area (Å²) < 4.78 is 10.5. The predicted molar refractivity (Wildman–Crippen MR) is 80.9 cm³/mol. The third-order valence-electron chi connectivity index (χ3n) is 2.75. The molecule has 2 aromatic rings. The number of thiazole rings is 1. The van der Waals surface area contributed by atoms with Gasteiger partial charge in [0.1, 0.15) is 10.8 Å². The van der Waals surface area contributed by atoms with Gasteiger partial charge >= 0.3 is 0 Å². The zero-order valence-electron chi connectivity index (χ0n) is 11.8. The molecule has 0 fully saturated rings. The van der Waals surface area contributed by atoms with Crippen LogP contribution in [0.5, 0.6) is 5.75 Å². The van der Waals surface area contributed by atoms with Crippen LogP contribution in [0.2, 0.25) is 0 Å². The molecule has 1 unspecified atom stereocenters. The molecule has 112 valence electrons. The summed E-state index contributed by atoms with van der Waals surface area (Å²) in [5, 5.41) is 2.95. The third kappa shape index (κ3) is 4.01. The molecule has 0 spiro atoms. The number of aryl methyl sites for hydroxylation is 1. The second-order valence-corrected chi connectivity index (χ2v) is 5.25. The molecule has 1 heterocycles. The zero-order valence-corrected chi connectivity index (χ0v) is 12.6. The fourth-order valence-corrected chi connectivity index (χ4v) is 2.54. The van der Waals surface area contributed by atoms with Crippen LogP contribution in [0.15, 0.2) is 29.6 Å². The van der Waals surface area contributed by atoms with E-state index in [4.69, 9.17) is 15.3 Å². The molecule has 0 bridgehead atoms. The van der Waals surface area contributed by atoms with Crippen LogP contribution >= 0.6 is 11.3 Å². The summed E-state index contributed by atoms with van der Waals surface area (Å²) in [5.41, 5.74) is 4.06. The first kappa shape index (κ1) is 15.4. The first-order chi connectivity index (χ1) is 10.1. The van der Waals surface area contributed by atoms with Crippen molar-refractivity contribution in [3.05, 3.63) is 35.3 Å². The Morgan fingerprint density at radius 1 is 1.43 bits per heavy atom. The Morgan fingerprint density at radius 3 is 2.67 bits per heavy atom. The lowest BCUT2D eigenvalue weighted by Gasteiger charge is -2.16. The van der Waals surface area contributed by atoms with E-state index in [9.17, 15) is 4.79 Å². The molecule has 1 aromatic carbocycles. The highest BCUT2D eigenvalue weighted by atomic mass is 32.1. The number of methoxy groups -OCH3 is 1. The molecular formula is C14H17N3O3S. The Labute approximate surface area is 126 Å². The highest BCUT2D eigenvalue weighted by Crippen LogP contribution is 2.25. The molecule has 0 saturated heterocycles. The Hall–Kier alpha value is -1.96. The number of aromatic nitrogens is 1. The van der Waals surface area contributed by atoms with Crippen molar-refractivity contribution in [2.45, 2.75) is 13.0 Å². The number of amides is 1. The maximum Gasteiger partial charge on any atom is 0.277 e. The van der Waals surface area contributed by atoms with E-state index in [1.54, 1.807) is 23.5 Å². The summed E-state index contributed by atoms with van der Waals surface area (Å²) in [6.45, 7) is 2.08. The van der Waals surface area contributed by atoms with Gasteiger partial charge in [-0.1, -0.05) is 0 Å². The van der Waals surface area contributed by atoms with Gasteiger partial charge in [0.2, 0.25) is 6.10 Å². The number of carbonyl (C=O) groups is 1. The molecule has 0 radical (unpaired) electrons. The van der Waals surface area contributed by atoms with Gasteiger partial charge in [-0.25, -0.2) is 10.8 Å². The minimum Gasteiger partial charge on any atom is -0.478 e. The molecule has 7 heteroatoms. The van der Waals surface area contributed by atoms with E-state index in [0.717, 1.165) is 16.3 Å². The fourth-order valence-electron chi connectivity index (χ4n) is 1.73. The van der Waals surface area contributed by atoms with Gasteiger partial charge in [-0.15, -0.1) is 11.3 Å². The monoisotopic (exact) mass is 307 g/mol. The van der Waals surface area contributed by atoms with Crippen molar-refractivity contribution in [2.24, 2.45) is 5.84 Å². The second kappa shape index (κ2) is 7.16. The maximum atomic E-state index is 11.5. The van der Waals surface area contributed by atoms with Gasteiger partial charge in [0.25, 0.3) is 5.91 Å². The van der Waals surface area contributed by atoms with E-state index < -0.39 is 12.0 Å². The summed E-state index contributed by atoms with van der Waals surface area (Å²) in [6.07, 6.45) is -0.784. The van der Waals surface area contributed by atoms with Crippen LogP contribution in [0.1, 0.15) is 5.69 Å². The van der Waals surface area contributed by atoms with Crippen LogP contribution in [0, 0.1) is 6.92 Å². The van der Waals surface area contributed by atoms with Crippen LogP contribution in [0.3, 0.4) is 0 Å². The van der Waals surface area contributed by atoms with Crippen molar-refractivity contribution in [2.75, 3.05) is 13.7 Å². The normalized spacial score (nSPS) is 12.0. The molecule has 0 saturated carbocycles. The number of nitrogens with zero attached hydrogens (tertiary/aromatic N) is 1. The molecule has 2 rings (SSSR count). The highest BCUT2D eigenvalue weighted by molar-refractivity contribution is 7.13. The Balaban J connectivity index is 2.09. The molecule has 1 amide bonds. The van der Waals surface area contributed by atoms with E-state index in [-0.39, 0.29) is 6.61 Å². The Bertz CT molecular complexity index is 598. The van der Waals surface area contributed by atoms with Crippen molar-refractivity contribution in [1.82, 2.24) is 10.4 Å². The summed E-state index contributed by atoms with van der Waals surface area (Å²) in [6, 6.07) is 7.38. The van der Waals surface area contributed by atoms with Crippen LogP contribution in [-0.4, -0.2) is 30.7 Å². The Kier molecular flexibility index (Phi) is 5.26. The minimum absolute atomic E-state index is 0.121. The third-order valence-corrected chi connectivity index (χ3v) is 3.76. The molecule has 0 aliphatic carbocycles. The van der Waals surface area contributed by atoms with Gasteiger partial charge in [0, 0.05) is 23.7 Å². The van der Waals surface area contributed by atoms with Gasteiger partial charge < -0.3 is 9.47 Å². The van der Waals surface area contributed by atoms with Gasteiger partial charge in [0.15, 0.2) is 0 Å². The van der Waals surface area contributed by atoms with Gasteiger partial charge in [-0.3, -0.25) is 10.2 Å². The summed E-state index contributed by atoms with van der Waals surface area (Å²) in [4.78, 5) is 16.0. The molecule has 21 heavy (non-hydrogen) atoms. The standard InChI is InChI=1S/C14H17N3O3S/c1-9-8-21-14(16-9)10-3-5-11(6-4-10)20-12(7-19-2)13(18)17-15/h3-6,8,12H,7,15H2,1-2H3,(H,17,18). The highest BCUT2D eigenvalue weighted by Gasteiger charge is 2.19. The van der Waals surface area contributed by atoms with Crippen LogP contribution in [0.4, 0.5) is 0 Å². The largest absolute Gasteiger partial charge is 0.478 e. The van der Waals surface area contributed by atoms with E-state index in [1.165, 1.54) is 7.11 Å². The summed E-state index contributed by atoms with van der Waals surface area (Å²) >= 11 is 1.59. The molecule has 1 aromatic heterocycles. The first-order valence-electron chi connectivity index (χ1n) is 6.32. The van der Waals surface area contributed by atoms with Crippen molar-refractivity contribution >= 4 is 17.2 Å². The van der Waals surface area contributed by atoms with Crippen molar-refractivity contribution in [3.63, 3.8) is 0 Å². The molecule has 1 atom stereocenters. The van der Waals surface area contributed by atoms with Crippen molar-refractivity contribution < 1.29 is 14.3 Å². The number of rotatable bonds is 6. The van der Waals surface area contributed by atoms with Crippen molar-refractivity contribution in [1.29, 1.82) is 0 Å². The smallest absolute Gasteiger partial charge is 0.277 e. The molecule has 0 aliphatic rings. The van der Waals surface area contributed by atoms with Gasteiger partial charge in [-0.2, -0.15) is 0 Å². The number of hydrogen-bond acceptors (Lipinski definition) is 6. The average molecular weight is 307 g/mol. The van der Waals surface area contributed by atoms with E-state index >= 15 is 0 Å². The van der Waals surface area contributed by atoms with E-state index in [1.807, 2.05) is 24.4 Å². The lowest BCUT2D eigenvalue weighted by Crippen LogP contribution is -2.44. The number of benzene rings is 1. The first-order valence-corrected chi connectivity index (χ1v) is 7.20. The van der Waals surface area contributed by atoms with Crippen LogP contribution in [0.25, 0.3) is 10.6 Å². The molecule has 6 nitrogen and oxygen atoms in total. The number of ether oxygens (including phenoxy) is 2. The minimum atomic E-state index is -0.784. The topological polar surface area (TPSA) is 86.5 Å². The zero-order chi connectivity index (χ0) is 15.2. The van der Waals surface area contributed by atoms with Gasteiger partial charge in [0.05, 0.1) is 6.61 Å². The maximum absolute atomic E-state index is 11.5. The molecule has 0 aliphatic heterocycles. The predicted octanol–water partition coefficient (Wildman–Crippen LogP) is 1.50. The number of nitrogens with two attached hydrogens (primary N) is 1. The Morgan fingerprint density at radius 2 is 2.14 bits per heavy atom. The second-order valence-electron chi connectivity index (χ2n) is 4.39. The number of hydrogen-bond donors (Lipinski definition) is 2. The molecule has 3 N–H and O–H groups in total. The number of hydrazine groups is 1. The van der Waals surface area contributed by atoms with Crippen LogP contribution in [-0.2, 0) is 9.53 Å². The van der Waals surface area contributed by atoms with E-state index in [2.05, 4.69) is 10.4 Å². The fraction of sp³-hybridized carbons (Fsp3) is 0.286.